The lowest BCUT2D eigenvalue weighted by Crippen LogP contribution is -2.34. The highest BCUT2D eigenvalue weighted by atomic mass is 15.3. The number of fused-ring (bicyclic) bond motifs is 1. The topological polar surface area (TPSA) is 58.9 Å². The molecule has 0 spiro atoms. The Morgan fingerprint density at radius 2 is 2.08 bits per heavy atom. The van der Waals surface area contributed by atoms with E-state index < -0.39 is 0 Å². The molecule has 1 aliphatic heterocycles. The van der Waals surface area contributed by atoms with E-state index in [2.05, 4.69) is 32.2 Å². The SMILES string of the molecule is CCN1CCC[C@@H]1CNc1ncnc2c1cnn2-c1ccccc1. The monoisotopic (exact) mass is 322 g/mol. The molecule has 24 heavy (non-hydrogen) atoms. The van der Waals surface area contributed by atoms with Crippen molar-refractivity contribution in [3.05, 3.63) is 42.9 Å². The smallest absolute Gasteiger partial charge is 0.168 e. The van der Waals surface area contributed by atoms with E-state index in [1.54, 1.807) is 6.33 Å². The molecule has 1 aliphatic rings. The van der Waals surface area contributed by atoms with Gasteiger partial charge in [0.2, 0.25) is 0 Å². The van der Waals surface area contributed by atoms with Crippen molar-refractivity contribution in [2.45, 2.75) is 25.8 Å². The van der Waals surface area contributed by atoms with Crippen LogP contribution < -0.4 is 5.32 Å². The van der Waals surface area contributed by atoms with Gasteiger partial charge in [-0.25, -0.2) is 14.6 Å². The molecule has 0 aliphatic carbocycles. The summed E-state index contributed by atoms with van der Waals surface area (Å²) in [6.45, 7) is 5.45. The minimum atomic E-state index is 0.587. The van der Waals surface area contributed by atoms with Gasteiger partial charge in [-0.05, 0) is 38.1 Å². The van der Waals surface area contributed by atoms with Crippen LogP contribution in [-0.4, -0.2) is 50.3 Å². The molecule has 1 saturated heterocycles. The molecule has 1 aromatic carbocycles. The summed E-state index contributed by atoms with van der Waals surface area (Å²) in [7, 11) is 0. The second kappa shape index (κ2) is 6.57. The lowest BCUT2D eigenvalue weighted by molar-refractivity contribution is 0.277. The van der Waals surface area contributed by atoms with Gasteiger partial charge >= 0.3 is 0 Å². The van der Waals surface area contributed by atoms with E-state index in [-0.39, 0.29) is 0 Å². The van der Waals surface area contributed by atoms with Gasteiger partial charge in [0.15, 0.2) is 5.65 Å². The Hall–Kier alpha value is -2.47. The number of benzene rings is 1. The maximum absolute atomic E-state index is 4.50. The number of hydrogen-bond donors (Lipinski definition) is 1. The fourth-order valence-corrected chi connectivity index (χ4v) is 3.50. The third-order valence-electron chi connectivity index (χ3n) is 4.78. The van der Waals surface area contributed by atoms with Gasteiger partial charge in [0.05, 0.1) is 17.3 Å². The first kappa shape index (κ1) is 15.1. The van der Waals surface area contributed by atoms with Gasteiger partial charge in [-0.3, -0.25) is 4.90 Å². The van der Waals surface area contributed by atoms with Crippen molar-refractivity contribution in [3.8, 4) is 5.69 Å². The molecule has 2 aromatic heterocycles. The third-order valence-corrected chi connectivity index (χ3v) is 4.78. The molecular formula is C18H22N6. The van der Waals surface area contributed by atoms with Gasteiger partial charge in [-0.1, -0.05) is 25.1 Å². The highest BCUT2D eigenvalue weighted by Gasteiger charge is 2.23. The van der Waals surface area contributed by atoms with Crippen LogP contribution in [0.2, 0.25) is 0 Å². The van der Waals surface area contributed by atoms with Crippen LogP contribution in [0.25, 0.3) is 16.7 Å². The number of likely N-dealkylation sites (N-methyl/N-ethyl adjacent to an activating group) is 1. The number of likely N-dealkylation sites (tertiary alicyclic amines) is 1. The Morgan fingerprint density at radius 3 is 2.92 bits per heavy atom. The lowest BCUT2D eigenvalue weighted by Gasteiger charge is -2.23. The van der Waals surface area contributed by atoms with E-state index >= 15 is 0 Å². The molecule has 0 unspecified atom stereocenters. The molecule has 124 valence electrons. The number of nitrogens with zero attached hydrogens (tertiary/aromatic N) is 5. The molecule has 1 fully saturated rings. The maximum Gasteiger partial charge on any atom is 0.168 e. The first-order valence-corrected chi connectivity index (χ1v) is 8.59. The molecule has 3 heterocycles. The van der Waals surface area contributed by atoms with Crippen molar-refractivity contribution < 1.29 is 0 Å². The van der Waals surface area contributed by atoms with Gasteiger partial charge in [0, 0.05) is 12.6 Å². The molecule has 4 rings (SSSR count). The Bertz CT molecular complexity index is 813. The normalized spacial score (nSPS) is 18.3. The Kier molecular flexibility index (Phi) is 4.13. The van der Waals surface area contributed by atoms with Crippen molar-refractivity contribution in [3.63, 3.8) is 0 Å². The minimum absolute atomic E-state index is 0.587. The van der Waals surface area contributed by atoms with E-state index in [0.29, 0.717) is 6.04 Å². The molecular weight excluding hydrogens is 300 g/mol. The van der Waals surface area contributed by atoms with Gasteiger partial charge in [0.25, 0.3) is 0 Å². The fraction of sp³-hybridized carbons (Fsp3) is 0.389. The minimum Gasteiger partial charge on any atom is -0.368 e. The molecule has 0 radical (unpaired) electrons. The largest absolute Gasteiger partial charge is 0.368 e. The summed E-state index contributed by atoms with van der Waals surface area (Å²) in [4.78, 5) is 11.4. The predicted octanol–water partition coefficient (Wildman–Crippen LogP) is 2.71. The molecule has 0 amide bonds. The average Bonchev–Trinajstić information content (AvgIpc) is 3.27. The molecule has 1 N–H and O–H groups in total. The Labute approximate surface area is 141 Å². The number of hydrogen-bond acceptors (Lipinski definition) is 5. The second-order valence-electron chi connectivity index (χ2n) is 6.16. The van der Waals surface area contributed by atoms with Crippen LogP contribution in [0, 0.1) is 0 Å². The van der Waals surface area contributed by atoms with Crippen LogP contribution >= 0.6 is 0 Å². The van der Waals surface area contributed by atoms with E-state index in [1.807, 2.05) is 41.2 Å². The average molecular weight is 322 g/mol. The van der Waals surface area contributed by atoms with Crippen molar-refractivity contribution in [1.82, 2.24) is 24.6 Å². The van der Waals surface area contributed by atoms with Crippen LogP contribution in [0.5, 0.6) is 0 Å². The van der Waals surface area contributed by atoms with Gasteiger partial charge < -0.3 is 5.32 Å². The molecule has 0 bridgehead atoms. The summed E-state index contributed by atoms with van der Waals surface area (Å²) in [5.74, 6) is 0.866. The third kappa shape index (κ3) is 2.73. The van der Waals surface area contributed by atoms with E-state index in [0.717, 1.165) is 35.6 Å². The van der Waals surface area contributed by atoms with Gasteiger partial charge in [-0.15, -0.1) is 0 Å². The van der Waals surface area contributed by atoms with Crippen LogP contribution in [0.1, 0.15) is 19.8 Å². The molecule has 1 atom stereocenters. The Balaban J connectivity index is 1.59. The first-order chi connectivity index (χ1) is 11.9. The van der Waals surface area contributed by atoms with Gasteiger partial charge in [-0.2, -0.15) is 5.10 Å². The zero-order valence-electron chi connectivity index (χ0n) is 13.9. The molecule has 3 aromatic rings. The lowest BCUT2D eigenvalue weighted by atomic mass is 10.2. The highest BCUT2D eigenvalue weighted by molar-refractivity contribution is 5.87. The number of nitrogens with one attached hydrogen (secondary N) is 1. The van der Waals surface area contributed by atoms with Crippen LogP contribution in [0.3, 0.4) is 0 Å². The summed E-state index contributed by atoms with van der Waals surface area (Å²) in [5, 5.41) is 8.97. The summed E-state index contributed by atoms with van der Waals surface area (Å²) in [6, 6.07) is 10.6. The maximum atomic E-state index is 4.50. The predicted molar refractivity (Wildman–Crippen MR) is 95.4 cm³/mol. The second-order valence-corrected chi connectivity index (χ2v) is 6.16. The van der Waals surface area contributed by atoms with Crippen LogP contribution in [0.15, 0.2) is 42.9 Å². The van der Waals surface area contributed by atoms with Gasteiger partial charge in [0.1, 0.15) is 12.1 Å². The van der Waals surface area contributed by atoms with Crippen molar-refractivity contribution in [1.29, 1.82) is 0 Å². The van der Waals surface area contributed by atoms with E-state index in [1.165, 1.54) is 19.4 Å². The van der Waals surface area contributed by atoms with E-state index in [4.69, 9.17) is 0 Å². The fourth-order valence-electron chi connectivity index (χ4n) is 3.50. The highest BCUT2D eigenvalue weighted by Crippen LogP contribution is 2.23. The zero-order valence-corrected chi connectivity index (χ0v) is 13.9. The summed E-state index contributed by atoms with van der Waals surface area (Å²) in [6.07, 6.45) is 5.98. The summed E-state index contributed by atoms with van der Waals surface area (Å²) >= 11 is 0. The quantitative estimate of drug-likeness (QED) is 0.783. The number of rotatable bonds is 5. The van der Waals surface area contributed by atoms with Crippen LogP contribution in [-0.2, 0) is 0 Å². The van der Waals surface area contributed by atoms with Crippen LogP contribution in [0.4, 0.5) is 5.82 Å². The first-order valence-electron chi connectivity index (χ1n) is 8.59. The molecule has 0 saturated carbocycles. The summed E-state index contributed by atoms with van der Waals surface area (Å²) in [5.41, 5.74) is 1.84. The standard InChI is InChI=1S/C18H22N6/c1-2-23-10-6-9-15(23)11-19-17-16-12-22-24(18(16)21-13-20-17)14-7-4-3-5-8-14/h3-5,7-8,12-13,15H,2,6,9-11H2,1H3,(H,19,20,21)/t15-/m1/s1. The van der Waals surface area contributed by atoms with Crippen molar-refractivity contribution >= 4 is 16.9 Å². The number of para-hydroxylation sites is 1. The number of anilines is 1. The van der Waals surface area contributed by atoms with E-state index in [9.17, 15) is 0 Å². The Morgan fingerprint density at radius 1 is 1.21 bits per heavy atom. The zero-order chi connectivity index (χ0) is 16.4. The molecule has 6 nitrogen and oxygen atoms in total. The van der Waals surface area contributed by atoms with Crippen molar-refractivity contribution in [2.75, 3.05) is 25.0 Å². The summed E-state index contributed by atoms with van der Waals surface area (Å²) < 4.78 is 1.86. The van der Waals surface area contributed by atoms with Crippen molar-refractivity contribution in [2.24, 2.45) is 0 Å². The molecule has 6 heteroatoms. The number of aromatic nitrogens is 4.